The molecule has 10 nitrogen and oxygen atoms in total. The second-order valence-corrected chi connectivity index (χ2v) is 11.3. The van der Waals surface area contributed by atoms with Crippen molar-refractivity contribution < 1.29 is 28.9 Å². The molecule has 3 aromatic carbocycles. The molecule has 0 spiro atoms. The Kier molecular flexibility index (Phi) is 10.2. The summed E-state index contributed by atoms with van der Waals surface area (Å²) in [7, 11) is 0. The first kappa shape index (κ1) is 30.4. The Bertz CT molecular complexity index is 1500. The summed E-state index contributed by atoms with van der Waals surface area (Å²) < 4.78 is 17.8. The van der Waals surface area contributed by atoms with E-state index in [9.17, 15) is 14.7 Å². The van der Waals surface area contributed by atoms with Crippen LogP contribution in [0.15, 0.2) is 84.3 Å². The van der Waals surface area contributed by atoms with Crippen LogP contribution in [0.25, 0.3) is 11.1 Å². The molecule has 1 saturated heterocycles. The molecule has 2 heterocycles. The zero-order valence-corrected chi connectivity index (χ0v) is 24.8. The topological polar surface area (TPSA) is 136 Å². The van der Waals surface area contributed by atoms with Gasteiger partial charge in [0.2, 0.25) is 0 Å². The van der Waals surface area contributed by atoms with Crippen LogP contribution in [0.3, 0.4) is 0 Å². The number of hydrogen-bond donors (Lipinski definition) is 3. The Morgan fingerprint density at radius 1 is 1.05 bits per heavy atom. The van der Waals surface area contributed by atoms with Crippen molar-refractivity contribution in [2.45, 2.75) is 63.2 Å². The fraction of sp³-hybridized carbons (Fsp3) is 0.312. The minimum atomic E-state index is -0.850. The monoisotopic (exact) mass is 602 g/mol. The van der Waals surface area contributed by atoms with Crippen molar-refractivity contribution in [3.05, 3.63) is 101 Å². The molecular weight excluding hydrogens is 568 g/mol. The Hall–Kier alpha value is -4.03. The van der Waals surface area contributed by atoms with E-state index in [1.54, 1.807) is 18.7 Å². The molecule has 0 unspecified atom stereocenters. The number of aromatic amines is 1. The summed E-state index contributed by atoms with van der Waals surface area (Å²) in [6.45, 7) is 3.13. The molecule has 0 radical (unpaired) electrons. The third-order valence-corrected chi connectivity index (χ3v) is 8.04. The molecule has 0 bridgehead atoms. The smallest absolute Gasteiger partial charge is 0.303 e. The van der Waals surface area contributed by atoms with Crippen LogP contribution in [-0.2, 0) is 37.0 Å². The number of rotatable bonds is 11. The average Bonchev–Trinajstić information content (AvgIpc) is 3.56. The highest BCUT2D eigenvalue weighted by Gasteiger charge is 2.32. The van der Waals surface area contributed by atoms with Gasteiger partial charge in [-0.15, -0.1) is 0 Å². The largest absolute Gasteiger partial charge is 0.453 e. The van der Waals surface area contributed by atoms with Crippen molar-refractivity contribution in [2.24, 2.45) is 0 Å². The second kappa shape index (κ2) is 14.4. The SMILES string of the molecule is CC(=O)O[C@@H](C)C(=O)NCc1cccc(-c2ccc([C@H]3O[C@@H](CSc4ncn[nH]4)C[C@@H](c4ccc(CO)cc4)O3)cc2)c1. The fourth-order valence-electron chi connectivity index (χ4n) is 4.79. The Labute approximate surface area is 254 Å². The maximum atomic E-state index is 12.2. The zero-order chi connectivity index (χ0) is 30.2. The van der Waals surface area contributed by atoms with E-state index in [1.165, 1.54) is 13.3 Å². The molecule has 1 fully saturated rings. The number of benzene rings is 3. The zero-order valence-electron chi connectivity index (χ0n) is 23.9. The van der Waals surface area contributed by atoms with Crippen molar-refractivity contribution >= 4 is 23.6 Å². The van der Waals surface area contributed by atoms with Gasteiger partial charge < -0.3 is 24.6 Å². The van der Waals surface area contributed by atoms with Gasteiger partial charge in [-0.05, 0) is 40.8 Å². The normalized spacial score (nSPS) is 19.0. The van der Waals surface area contributed by atoms with Gasteiger partial charge in [0.05, 0.1) is 18.8 Å². The molecule has 1 aliphatic rings. The highest BCUT2D eigenvalue weighted by atomic mass is 32.2. The Morgan fingerprint density at radius 2 is 1.81 bits per heavy atom. The van der Waals surface area contributed by atoms with Gasteiger partial charge in [-0.1, -0.05) is 78.5 Å². The van der Waals surface area contributed by atoms with Crippen LogP contribution in [0.1, 0.15) is 54.9 Å². The predicted molar refractivity (Wildman–Crippen MR) is 160 cm³/mol. The van der Waals surface area contributed by atoms with E-state index in [1.807, 2.05) is 72.8 Å². The molecule has 4 atom stereocenters. The first-order chi connectivity index (χ1) is 20.9. The standard InChI is InChI=1S/C32H34N4O6S/c1-20(40-21(2)38)30(39)33-16-23-4-3-5-27(14-23)24-10-12-26(13-11-24)31-41-28(18-43-32-34-19-35-36-32)15-29(42-31)25-8-6-22(17-37)7-9-25/h3-14,19-20,28-29,31,37H,15-18H2,1-2H3,(H,33,39)(H,34,35,36)/t20-,28+,29-,31-/m0/s1. The number of aliphatic hydroxyl groups is 1. The van der Waals surface area contributed by atoms with Crippen molar-refractivity contribution in [1.82, 2.24) is 20.5 Å². The van der Waals surface area contributed by atoms with Gasteiger partial charge >= 0.3 is 5.97 Å². The highest BCUT2D eigenvalue weighted by molar-refractivity contribution is 7.99. The first-order valence-corrected chi connectivity index (χ1v) is 15.0. The predicted octanol–water partition coefficient (Wildman–Crippen LogP) is 4.87. The van der Waals surface area contributed by atoms with E-state index in [4.69, 9.17) is 14.2 Å². The van der Waals surface area contributed by atoms with E-state index >= 15 is 0 Å². The van der Waals surface area contributed by atoms with Gasteiger partial charge in [0.25, 0.3) is 5.91 Å². The lowest BCUT2D eigenvalue weighted by Gasteiger charge is -2.36. The van der Waals surface area contributed by atoms with Crippen LogP contribution in [0, 0.1) is 0 Å². The number of thioether (sulfide) groups is 1. The summed E-state index contributed by atoms with van der Waals surface area (Å²) in [4.78, 5) is 27.6. The van der Waals surface area contributed by atoms with Crippen LogP contribution >= 0.6 is 11.8 Å². The first-order valence-electron chi connectivity index (χ1n) is 14.0. The summed E-state index contributed by atoms with van der Waals surface area (Å²) >= 11 is 1.55. The summed E-state index contributed by atoms with van der Waals surface area (Å²) in [5.41, 5.74) is 5.71. The van der Waals surface area contributed by atoms with E-state index in [0.29, 0.717) is 18.7 Å². The number of carbonyl (C=O) groups is 2. The minimum Gasteiger partial charge on any atom is -0.453 e. The van der Waals surface area contributed by atoms with Gasteiger partial charge in [-0.3, -0.25) is 14.7 Å². The Morgan fingerprint density at radius 3 is 2.51 bits per heavy atom. The fourth-order valence-corrected chi connectivity index (χ4v) is 5.58. The molecule has 1 amide bonds. The number of H-pyrrole nitrogens is 1. The number of esters is 1. The molecule has 43 heavy (non-hydrogen) atoms. The van der Waals surface area contributed by atoms with Gasteiger partial charge in [0, 0.05) is 31.2 Å². The highest BCUT2D eigenvalue weighted by Crippen LogP contribution is 2.39. The number of ether oxygens (including phenoxy) is 3. The molecule has 0 saturated carbocycles. The molecule has 3 N–H and O–H groups in total. The maximum Gasteiger partial charge on any atom is 0.303 e. The van der Waals surface area contributed by atoms with E-state index < -0.39 is 18.4 Å². The molecule has 1 aromatic heterocycles. The number of nitrogens with zero attached hydrogens (tertiary/aromatic N) is 2. The summed E-state index contributed by atoms with van der Waals surface area (Å²) in [5.74, 6) is -0.163. The lowest BCUT2D eigenvalue weighted by Crippen LogP contribution is -2.35. The second-order valence-electron chi connectivity index (χ2n) is 10.2. The molecule has 1 aliphatic heterocycles. The van der Waals surface area contributed by atoms with Crippen LogP contribution < -0.4 is 5.32 Å². The van der Waals surface area contributed by atoms with Crippen LogP contribution in [0.4, 0.5) is 0 Å². The van der Waals surface area contributed by atoms with Crippen molar-refractivity contribution in [3.63, 3.8) is 0 Å². The van der Waals surface area contributed by atoms with Crippen LogP contribution in [-0.4, -0.2) is 50.1 Å². The number of aliphatic hydroxyl groups excluding tert-OH is 1. The van der Waals surface area contributed by atoms with Gasteiger partial charge in [0.15, 0.2) is 17.6 Å². The average molecular weight is 603 g/mol. The molecule has 4 aromatic rings. The number of amides is 1. The molecule has 224 valence electrons. The van der Waals surface area contributed by atoms with E-state index in [0.717, 1.165) is 38.5 Å². The van der Waals surface area contributed by atoms with E-state index in [-0.39, 0.29) is 24.7 Å². The van der Waals surface area contributed by atoms with Crippen molar-refractivity contribution in [2.75, 3.05) is 5.75 Å². The van der Waals surface area contributed by atoms with E-state index in [2.05, 4.69) is 20.5 Å². The lowest BCUT2D eigenvalue weighted by molar-refractivity contribution is -0.245. The third kappa shape index (κ3) is 8.29. The molecule has 11 heteroatoms. The summed E-state index contributed by atoms with van der Waals surface area (Å²) in [5, 5.41) is 19.8. The van der Waals surface area contributed by atoms with Crippen LogP contribution in [0.2, 0.25) is 0 Å². The quantitative estimate of drug-likeness (QED) is 0.162. The molecule has 5 rings (SSSR count). The van der Waals surface area contributed by atoms with Gasteiger partial charge in [-0.25, -0.2) is 4.98 Å². The number of carbonyl (C=O) groups excluding carboxylic acids is 2. The maximum absolute atomic E-state index is 12.2. The number of hydrogen-bond acceptors (Lipinski definition) is 9. The van der Waals surface area contributed by atoms with Gasteiger partial charge in [0.1, 0.15) is 6.33 Å². The Balaban J connectivity index is 1.28. The van der Waals surface area contributed by atoms with Crippen molar-refractivity contribution in [1.29, 1.82) is 0 Å². The number of aromatic nitrogens is 3. The van der Waals surface area contributed by atoms with Crippen molar-refractivity contribution in [3.8, 4) is 11.1 Å². The number of nitrogens with one attached hydrogen (secondary N) is 2. The van der Waals surface area contributed by atoms with Gasteiger partial charge in [-0.2, -0.15) is 5.10 Å². The summed E-state index contributed by atoms with van der Waals surface area (Å²) in [6.07, 6.45) is 0.482. The third-order valence-electron chi connectivity index (χ3n) is 7.04. The molecular formula is C32H34N4O6S. The van der Waals surface area contributed by atoms with Crippen LogP contribution in [0.5, 0.6) is 0 Å². The molecule has 0 aliphatic carbocycles. The minimum absolute atomic E-state index is 0.00678. The lowest BCUT2D eigenvalue weighted by atomic mass is 9.99. The summed E-state index contributed by atoms with van der Waals surface area (Å²) in [6, 6.07) is 23.8.